The summed E-state index contributed by atoms with van der Waals surface area (Å²) in [7, 11) is 1.52. The highest BCUT2D eigenvalue weighted by molar-refractivity contribution is 5.97. The SMILES string of the molecule is COc1ccc(C(C)C)cc1C(=O)NCC#N. The number of amides is 1. The molecule has 4 heteroatoms. The highest BCUT2D eigenvalue weighted by atomic mass is 16.5. The fourth-order valence-electron chi connectivity index (χ4n) is 1.48. The molecule has 0 aliphatic rings. The average Bonchev–Trinajstić information content (AvgIpc) is 2.34. The average molecular weight is 232 g/mol. The number of methoxy groups -OCH3 is 1. The Morgan fingerprint density at radius 3 is 2.76 bits per heavy atom. The molecule has 0 aliphatic heterocycles. The van der Waals surface area contributed by atoms with Crippen LogP contribution in [0.1, 0.15) is 35.7 Å². The Morgan fingerprint density at radius 2 is 2.24 bits per heavy atom. The van der Waals surface area contributed by atoms with Gasteiger partial charge in [-0.1, -0.05) is 19.9 Å². The molecule has 0 aliphatic carbocycles. The van der Waals surface area contributed by atoms with Crippen LogP contribution in [0.4, 0.5) is 0 Å². The normalized spacial score (nSPS) is 9.82. The molecule has 0 radical (unpaired) electrons. The van der Waals surface area contributed by atoms with E-state index in [9.17, 15) is 4.79 Å². The molecule has 0 bridgehead atoms. The topological polar surface area (TPSA) is 62.1 Å². The van der Waals surface area contributed by atoms with Crippen LogP contribution in [0.15, 0.2) is 18.2 Å². The molecule has 1 rings (SSSR count). The minimum absolute atomic E-state index is 0.00606. The van der Waals surface area contributed by atoms with Gasteiger partial charge in [-0.3, -0.25) is 4.79 Å². The molecule has 4 nitrogen and oxygen atoms in total. The van der Waals surface area contributed by atoms with Crippen LogP contribution in [-0.2, 0) is 0 Å². The summed E-state index contributed by atoms with van der Waals surface area (Å²) in [6.07, 6.45) is 0. The molecular formula is C13H16N2O2. The van der Waals surface area contributed by atoms with Crippen molar-refractivity contribution in [3.8, 4) is 11.8 Å². The smallest absolute Gasteiger partial charge is 0.255 e. The Balaban J connectivity index is 3.06. The summed E-state index contributed by atoms with van der Waals surface area (Å²) < 4.78 is 5.14. The molecule has 0 heterocycles. The van der Waals surface area contributed by atoms with Crippen LogP contribution >= 0.6 is 0 Å². The molecule has 1 aromatic carbocycles. The molecule has 17 heavy (non-hydrogen) atoms. The van der Waals surface area contributed by atoms with E-state index >= 15 is 0 Å². The number of rotatable bonds is 4. The van der Waals surface area contributed by atoms with Crippen LogP contribution in [0.25, 0.3) is 0 Å². The lowest BCUT2D eigenvalue weighted by Gasteiger charge is -2.11. The zero-order valence-corrected chi connectivity index (χ0v) is 10.3. The molecule has 0 aromatic heterocycles. The second-order valence-electron chi connectivity index (χ2n) is 3.96. The Morgan fingerprint density at radius 1 is 1.53 bits per heavy atom. The van der Waals surface area contributed by atoms with E-state index in [-0.39, 0.29) is 12.5 Å². The fourth-order valence-corrected chi connectivity index (χ4v) is 1.48. The molecule has 1 amide bonds. The van der Waals surface area contributed by atoms with E-state index < -0.39 is 0 Å². The van der Waals surface area contributed by atoms with Crippen LogP contribution < -0.4 is 10.1 Å². The maximum Gasteiger partial charge on any atom is 0.255 e. The Kier molecular flexibility index (Phi) is 4.53. The summed E-state index contributed by atoms with van der Waals surface area (Å²) in [5.41, 5.74) is 1.53. The van der Waals surface area contributed by atoms with Gasteiger partial charge in [0.1, 0.15) is 12.3 Å². The first-order valence-electron chi connectivity index (χ1n) is 5.43. The first-order chi connectivity index (χ1) is 8.10. The van der Waals surface area contributed by atoms with Crippen LogP contribution in [0, 0.1) is 11.3 Å². The lowest BCUT2D eigenvalue weighted by atomic mass is 10.00. The number of benzene rings is 1. The van der Waals surface area contributed by atoms with Crippen molar-refractivity contribution in [3.05, 3.63) is 29.3 Å². The van der Waals surface area contributed by atoms with E-state index in [1.165, 1.54) is 7.11 Å². The van der Waals surface area contributed by atoms with Crippen molar-refractivity contribution in [2.75, 3.05) is 13.7 Å². The second-order valence-corrected chi connectivity index (χ2v) is 3.96. The van der Waals surface area contributed by atoms with Gasteiger partial charge in [0.2, 0.25) is 0 Å². The number of ether oxygens (including phenoxy) is 1. The van der Waals surface area contributed by atoms with Crippen LogP contribution in [0.2, 0.25) is 0 Å². The van der Waals surface area contributed by atoms with E-state index in [4.69, 9.17) is 10.00 Å². The minimum Gasteiger partial charge on any atom is -0.496 e. The first kappa shape index (κ1) is 13.0. The van der Waals surface area contributed by atoms with Gasteiger partial charge in [0, 0.05) is 0 Å². The number of nitrogens with zero attached hydrogens (tertiary/aromatic N) is 1. The minimum atomic E-state index is -0.286. The maximum absolute atomic E-state index is 11.8. The van der Waals surface area contributed by atoms with Crippen molar-refractivity contribution in [3.63, 3.8) is 0 Å². The third-order valence-electron chi connectivity index (χ3n) is 2.46. The van der Waals surface area contributed by atoms with Gasteiger partial charge >= 0.3 is 0 Å². The predicted molar refractivity (Wildman–Crippen MR) is 65.0 cm³/mol. The predicted octanol–water partition coefficient (Wildman–Crippen LogP) is 2.07. The van der Waals surface area contributed by atoms with Gasteiger partial charge < -0.3 is 10.1 Å². The molecule has 1 N–H and O–H groups in total. The van der Waals surface area contributed by atoms with Crippen molar-refractivity contribution in [2.45, 2.75) is 19.8 Å². The first-order valence-corrected chi connectivity index (χ1v) is 5.43. The fraction of sp³-hybridized carbons (Fsp3) is 0.385. The largest absolute Gasteiger partial charge is 0.496 e. The summed E-state index contributed by atoms with van der Waals surface area (Å²) in [6, 6.07) is 7.38. The molecule has 0 spiro atoms. The lowest BCUT2D eigenvalue weighted by Crippen LogP contribution is -2.24. The Labute approximate surface area is 101 Å². The Bertz CT molecular complexity index is 447. The van der Waals surface area contributed by atoms with E-state index in [1.54, 1.807) is 12.1 Å². The highest BCUT2D eigenvalue weighted by Gasteiger charge is 2.13. The number of nitriles is 1. The van der Waals surface area contributed by atoms with Crippen molar-refractivity contribution in [2.24, 2.45) is 0 Å². The van der Waals surface area contributed by atoms with Gasteiger partial charge in [-0.25, -0.2) is 0 Å². The summed E-state index contributed by atoms with van der Waals surface area (Å²) >= 11 is 0. The second kappa shape index (κ2) is 5.90. The number of nitrogens with one attached hydrogen (secondary N) is 1. The molecule has 1 aromatic rings. The summed E-state index contributed by atoms with van der Waals surface area (Å²) in [5.74, 6) is 0.569. The van der Waals surface area contributed by atoms with Crippen LogP contribution in [0.3, 0.4) is 0 Å². The maximum atomic E-state index is 11.8. The van der Waals surface area contributed by atoms with E-state index in [1.807, 2.05) is 12.1 Å². The zero-order valence-electron chi connectivity index (χ0n) is 10.3. The van der Waals surface area contributed by atoms with Gasteiger partial charge in [0.25, 0.3) is 5.91 Å². The molecule has 0 saturated carbocycles. The monoisotopic (exact) mass is 232 g/mol. The summed E-state index contributed by atoms with van der Waals surface area (Å²) in [5, 5.41) is 10.9. The van der Waals surface area contributed by atoms with Crippen molar-refractivity contribution in [1.29, 1.82) is 5.26 Å². The van der Waals surface area contributed by atoms with E-state index in [0.29, 0.717) is 17.2 Å². The molecule has 90 valence electrons. The number of carbonyl (C=O) groups is 1. The van der Waals surface area contributed by atoms with Gasteiger partial charge in [0.05, 0.1) is 18.7 Å². The van der Waals surface area contributed by atoms with E-state index in [0.717, 1.165) is 5.56 Å². The van der Waals surface area contributed by atoms with Gasteiger partial charge in [-0.05, 0) is 23.6 Å². The standard InChI is InChI=1S/C13H16N2O2/c1-9(2)10-4-5-12(17-3)11(8-10)13(16)15-7-6-14/h4-5,8-9H,7H2,1-3H3,(H,15,16). The van der Waals surface area contributed by atoms with Gasteiger partial charge in [-0.2, -0.15) is 5.26 Å². The summed E-state index contributed by atoms with van der Waals surface area (Å²) in [4.78, 5) is 11.8. The highest BCUT2D eigenvalue weighted by Crippen LogP contribution is 2.23. The molecule has 0 fully saturated rings. The van der Waals surface area contributed by atoms with Crippen molar-refractivity contribution >= 4 is 5.91 Å². The third-order valence-corrected chi connectivity index (χ3v) is 2.46. The van der Waals surface area contributed by atoms with Crippen LogP contribution in [0.5, 0.6) is 5.75 Å². The zero-order chi connectivity index (χ0) is 12.8. The molecule has 0 unspecified atom stereocenters. The van der Waals surface area contributed by atoms with Gasteiger partial charge in [0.15, 0.2) is 0 Å². The van der Waals surface area contributed by atoms with Crippen LogP contribution in [-0.4, -0.2) is 19.6 Å². The summed E-state index contributed by atoms with van der Waals surface area (Å²) in [6.45, 7) is 4.10. The molecule has 0 atom stereocenters. The van der Waals surface area contributed by atoms with Crippen molar-refractivity contribution < 1.29 is 9.53 Å². The van der Waals surface area contributed by atoms with Crippen molar-refractivity contribution in [1.82, 2.24) is 5.32 Å². The number of hydrogen-bond acceptors (Lipinski definition) is 3. The van der Waals surface area contributed by atoms with E-state index in [2.05, 4.69) is 19.2 Å². The quantitative estimate of drug-likeness (QED) is 0.808. The number of carbonyl (C=O) groups excluding carboxylic acids is 1. The Hall–Kier alpha value is -2.02. The number of hydrogen-bond donors (Lipinski definition) is 1. The van der Waals surface area contributed by atoms with Gasteiger partial charge in [-0.15, -0.1) is 0 Å². The lowest BCUT2D eigenvalue weighted by molar-refractivity contribution is 0.0955. The molecule has 0 saturated heterocycles. The third kappa shape index (κ3) is 3.22. The molecular weight excluding hydrogens is 216 g/mol.